The van der Waals surface area contributed by atoms with Gasteiger partial charge in [0.05, 0.1) is 7.11 Å². The highest BCUT2D eigenvalue weighted by atomic mass is 32.1. The first-order valence-corrected chi connectivity index (χ1v) is 8.91. The lowest BCUT2D eigenvalue weighted by Gasteiger charge is -2.31. The van der Waals surface area contributed by atoms with Gasteiger partial charge in [0, 0.05) is 30.9 Å². The quantitative estimate of drug-likeness (QED) is 0.903. The number of carbonyl (C=O) groups excluding carboxylic acids is 1. The Kier molecular flexibility index (Phi) is 4.98. The number of aryl methyl sites for hydroxylation is 1. The van der Waals surface area contributed by atoms with E-state index in [0.29, 0.717) is 23.2 Å². The number of rotatable bonds is 4. The van der Waals surface area contributed by atoms with Crippen LogP contribution in [0.15, 0.2) is 10.9 Å². The Labute approximate surface area is 143 Å². The minimum absolute atomic E-state index is 0.145. The fourth-order valence-corrected chi connectivity index (χ4v) is 3.71. The third kappa shape index (κ3) is 3.50. The summed E-state index contributed by atoms with van der Waals surface area (Å²) in [5.41, 5.74) is 0.664. The molecule has 0 aliphatic carbocycles. The van der Waals surface area contributed by atoms with Crippen molar-refractivity contribution in [1.29, 1.82) is 0 Å². The number of hydrogen-bond donors (Lipinski definition) is 1. The van der Waals surface area contributed by atoms with Crippen LogP contribution in [-0.2, 0) is 11.2 Å². The molecular formula is C15H21N5O3S. The molecular weight excluding hydrogens is 330 g/mol. The molecule has 1 saturated heterocycles. The molecule has 8 nitrogen and oxygen atoms in total. The molecule has 0 saturated carbocycles. The van der Waals surface area contributed by atoms with E-state index in [1.165, 1.54) is 23.0 Å². The SMILES string of the molecule is CCCc1cc(=O)n2nc(NC3CCN(C(=O)OC)CC3)sc2n1. The Hall–Kier alpha value is -2.16. The third-order valence-corrected chi connectivity index (χ3v) is 4.90. The molecule has 9 heteroatoms. The Morgan fingerprint density at radius 2 is 2.21 bits per heavy atom. The molecule has 2 aromatic rings. The normalized spacial score (nSPS) is 15.7. The molecule has 2 aromatic heterocycles. The molecule has 1 aliphatic heterocycles. The van der Waals surface area contributed by atoms with Gasteiger partial charge in [-0.15, -0.1) is 5.10 Å². The number of piperidine rings is 1. The van der Waals surface area contributed by atoms with Gasteiger partial charge >= 0.3 is 6.09 Å². The lowest BCUT2D eigenvalue weighted by Crippen LogP contribution is -2.42. The first-order chi connectivity index (χ1) is 11.6. The van der Waals surface area contributed by atoms with Crippen LogP contribution in [0.25, 0.3) is 4.96 Å². The number of nitrogens with zero attached hydrogens (tertiary/aromatic N) is 4. The molecule has 3 rings (SSSR count). The van der Waals surface area contributed by atoms with E-state index in [0.717, 1.165) is 31.4 Å². The summed E-state index contributed by atoms with van der Waals surface area (Å²) in [5, 5.41) is 8.36. The highest BCUT2D eigenvalue weighted by Crippen LogP contribution is 2.21. The summed E-state index contributed by atoms with van der Waals surface area (Å²) in [6, 6.07) is 1.77. The second-order valence-electron chi connectivity index (χ2n) is 5.81. The minimum Gasteiger partial charge on any atom is -0.453 e. The summed E-state index contributed by atoms with van der Waals surface area (Å²) in [6.45, 7) is 3.35. The molecule has 0 radical (unpaired) electrons. The largest absolute Gasteiger partial charge is 0.453 e. The summed E-state index contributed by atoms with van der Waals surface area (Å²) < 4.78 is 6.08. The van der Waals surface area contributed by atoms with Crippen LogP contribution in [0.2, 0.25) is 0 Å². The monoisotopic (exact) mass is 351 g/mol. The Morgan fingerprint density at radius 3 is 2.88 bits per heavy atom. The number of fused-ring (bicyclic) bond motifs is 1. The van der Waals surface area contributed by atoms with Crippen molar-refractivity contribution in [3.05, 3.63) is 22.1 Å². The molecule has 1 amide bonds. The molecule has 3 heterocycles. The molecule has 130 valence electrons. The van der Waals surface area contributed by atoms with Crippen LogP contribution in [0.3, 0.4) is 0 Å². The molecule has 1 N–H and O–H groups in total. The molecule has 0 aromatic carbocycles. The number of likely N-dealkylation sites (tertiary alicyclic amines) is 1. The Morgan fingerprint density at radius 1 is 1.46 bits per heavy atom. The number of amides is 1. The highest BCUT2D eigenvalue weighted by molar-refractivity contribution is 7.20. The average molecular weight is 351 g/mol. The van der Waals surface area contributed by atoms with Gasteiger partial charge in [-0.25, -0.2) is 9.78 Å². The van der Waals surface area contributed by atoms with Crippen LogP contribution in [0.4, 0.5) is 9.93 Å². The molecule has 1 fully saturated rings. The van der Waals surface area contributed by atoms with Crippen molar-refractivity contribution >= 4 is 27.5 Å². The summed E-state index contributed by atoms with van der Waals surface area (Å²) >= 11 is 1.38. The number of carbonyl (C=O) groups is 1. The topological polar surface area (TPSA) is 88.8 Å². The number of anilines is 1. The van der Waals surface area contributed by atoms with Gasteiger partial charge in [-0.1, -0.05) is 24.7 Å². The second kappa shape index (κ2) is 7.16. The van der Waals surface area contributed by atoms with Crippen LogP contribution >= 0.6 is 11.3 Å². The summed E-state index contributed by atoms with van der Waals surface area (Å²) in [7, 11) is 1.39. The van der Waals surface area contributed by atoms with Crippen LogP contribution in [0.1, 0.15) is 31.9 Å². The highest BCUT2D eigenvalue weighted by Gasteiger charge is 2.24. The molecule has 24 heavy (non-hydrogen) atoms. The van der Waals surface area contributed by atoms with E-state index in [4.69, 9.17) is 4.74 Å². The molecule has 0 spiro atoms. The number of hydrogen-bond acceptors (Lipinski definition) is 7. The fourth-order valence-electron chi connectivity index (χ4n) is 2.81. The van der Waals surface area contributed by atoms with E-state index < -0.39 is 0 Å². The van der Waals surface area contributed by atoms with E-state index >= 15 is 0 Å². The Balaban J connectivity index is 1.69. The van der Waals surface area contributed by atoms with Crippen molar-refractivity contribution < 1.29 is 9.53 Å². The predicted molar refractivity (Wildman–Crippen MR) is 91.8 cm³/mol. The van der Waals surface area contributed by atoms with E-state index in [2.05, 4.69) is 22.3 Å². The van der Waals surface area contributed by atoms with E-state index in [1.54, 1.807) is 11.0 Å². The molecule has 0 bridgehead atoms. The van der Waals surface area contributed by atoms with Gasteiger partial charge < -0.3 is 15.0 Å². The van der Waals surface area contributed by atoms with Crippen LogP contribution in [0.5, 0.6) is 0 Å². The standard InChI is InChI=1S/C15H21N5O3S/c1-3-4-11-9-12(21)20-14(17-11)24-13(18-20)16-10-5-7-19(8-6-10)15(22)23-2/h9-10H,3-8H2,1-2H3,(H,16,18). The van der Waals surface area contributed by atoms with Crippen molar-refractivity contribution in [2.75, 3.05) is 25.5 Å². The molecule has 0 unspecified atom stereocenters. The number of aromatic nitrogens is 3. The van der Waals surface area contributed by atoms with Gasteiger partial charge in [-0.05, 0) is 19.3 Å². The molecule has 0 atom stereocenters. The zero-order valence-electron chi connectivity index (χ0n) is 13.8. The van der Waals surface area contributed by atoms with E-state index in [1.807, 2.05) is 0 Å². The first kappa shape index (κ1) is 16.7. The van der Waals surface area contributed by atoms with Crippen molar-refractivity contribution in [2.45, 2.75) is 38.6 Å². The van der Waals surface area contributed by atoms with E-state index in [9.17, 15) is 9.59 Å². The zero-order valence-corrected chi connectivity index (χ0v) is 14.6. The van der Waals surface area contributed by atoms with Crippen molar-refractivity contribution in [3.8, 4) is 0 Å². The Bertz CT molecular complexity index is 779. The van der Waals surface area contributed by atoms with Gasteiger partial charge in [0.2, 0.25) is 10.1 Å². The van der Waals surface area contributed by atoms with Crippen molar-refractivity contribution in [1.82, 2.24) is 19.5 Å². The van der Waals surface area contributed by atoms with Gasteiger partial charge in [-0.2, -0.15) is 4.52 Å². The van der Waals surface area contributed by atoms with Gasteiger partial charge in [0.15, 0.2) is 0 Å². The molecule has 1 aliphatic rings. The van der Waals surface area contributed by atoms with Crippen LogP contribution < -0.4 is 10.9 Å². The lowest BCUT2D eigenvalue weighted by atomic mass is 10.1. The minimum atomic E-state index is -0.285. The van der Waals surface area contributed by atoms with Gasteiger partial charge in [0.1, 0.15) is 0 Å². The maximum atomic E-state index is 12.1. The van der Waals surface area contributed by atoms with Crippen molar-refractivity contribution in [3.63, 3.8) is 0 Å². The number of nitrogens with one attached hydrogen (secondary N) is 1. The summed E-state index contributed by atoms with van der Waals surface area (Å²) in [5.74, 6) is 0. The third-order valence-electron chi connectivity index (χ3n) is 4.06. The maximum absolute atomic E-state index is 12.1. The van der Waals surface area contributed by atoms with Crippen LogP contribution in [0, 0.1) is 0 Å². The number of methoxy groups -OCH3 is 1. The van der Waals surface area contributed by atoms with E-state index in [-0.39, 0.29) is 17.7 Å². The lowest BCUT2D eigenvalue weighted by molar-refractivity contribution is 0.113. The first-order valence-electron chi connectivity index (χ1n) is 8.10. The number of ether oxygens (including phenoxy) is 1. The maximum Gasteiger partial charge on any atom is 0.409 e. The van der Waals surface area contributed by atoms with Crippen molar-refractivity contribution in [2.24, 2.45) is 0 Å². The summed E-state index contributed by atoms with van der Waals surface area (Å²) in [4.78, 5) is 30.4. The zero-order chi connectivity index (χ0) is 17.1. The van der Waals surface area contributed by atoms with Gasteiger partial charge in [0.25, 0.3) is 5.56 Å². The van der Waals surface area contributed by atoms with Crippen LogP contribution in [-0.4, -0.2) is 51.8 Å². The average Bonchev–Trinajstić information content (AvgIpc) is 2.98. The second-order valence-corrected chi connectivity index (χ2v) is 6.77. The fraction of sp³-hybridized carbons (Fsp3) is 0.600. The van der Waals surface area contributed by atoms with Gasteiger partial charge in [-0.3, -0.25) is 4.79 Å². The predicted octanol–water partition coefficient (Wildman–Crippen LogP) is 1.75. The smallest absolute Gasteiger partial charge is 0.409 e. The summed E-state index contributed by atoms with van der Waals surface area (Å²) in [6.07, 6.45) is 3.08.